The minimum absolute atomic E-state index is 0.571. The van der Waals surface area contributed by atoms with E-state index in [1.165, 1.54) is 6.08 Å². The number of nitrogens with zero attached hydrogens (tertiary/aromatic N) is 1. The van der Waals surface area contributed by atoms with E-state index in [1.807, 2.05) is 36.4 Å². The Kier molecular flexibility index (Phi) is 6.78. The molecule has 1 heterocycles. The summed E-state index contributed by atoms with van der Waals surface area (Å²) in [6, 6.07) is 18.7. The lowest BCUT2D eigenvalue weighted by Gasteiger charge is -2.11. The van der Waals surface area contributed by atoms with Crippen LogP contribution in [0.15, 0.2) is 72.9 Å². The van der Waals surface area contributed by atoms with Crippen LogP contribution >= 0.6 is 11.6 Å². The third-order valence-electron chi connectivity index (χ3n) is 4.02. The van der Waals surface area contributed by atoms with Crippen LogP contribution < -0.4 is 10.2 Å². The summed E-state index contributed by atoms with van der Waals surface area (Å²) in [5, 5.41) is 9.28. The number of pyridine rings is 1. The van der Waals surface area contributed by atoms with Gasteiger partial charge in [0.2, 0.25) is 0 Å². The van der Waals surface area contributed by atoms with Crippen molar-refractivity contribution in [3.8, 4) is 11.5 Å². The van der Waals surface area contributed by atoms with Gasteiger partial charge >= 0.3 is 0 Å². The zero-order valence-corrected chi connectivity index (χ0v) is 15.8. The molecule has 0 spiro atoms. The molecule has 1 aromatic heterocycles. The van der Waals surface area contributed by atoms with Crippen molar-refractivity contribution in [2.45, 2.75) is 12.8 Å². The smallest absolute Gasteiger partial charge is 0.267 e. The first-order valence-corrected chi connectivity index (χ1v) is 9.10. The van der Waals surface area contributed by atoms with E-state index >= 15 is 0 Å². The average molecular weight is 395 g/mol. The number of aromatic nitrogens is 1. The number of ether oxygens (including phenoxy) is 1. The van der Waals surface area contributed by atoms with E-state index in [9.17, 15) is 4.79 Å². The normalized spacial score (nSPS) is 10.8. The Morgan fingerprint density at radius 1 is 1.11 bits per heavy atom. The summed E-state index contributed by atoms with van der Waals surface area (Å²) in [5.74, 6) is 0.549. The van der Waals surface area contributed by atoms with Gasteiger partial charge in [0, 0.05) is 28.6 Å². The molecule has 28 heavy (non-hydrogen) atoms. The zero-order chi connectivity index (χ0) is 19.8. The highest BCUT2D eigenvalue weighted by molar-refractivity contribution is 6.30. The van der Waals surface area contributed by atoms with E-state index in [0.29, 0.717) is 22.1 Å². The molecule has 2 aromatic carbocycles. The molecular weight excluding hydrogens is 376 g/mol. The maximum Gasteiger partial charge on any atom is 0.267 e. The van der Waals surface area contributed by atoms with Crippen molar-refractivity contribution in [3.05, 3.63) is 94.8 Å². The topological polar surface area (TPSA) is 71.5 Å². The molecule has 0 aliphatic rings. The van der Waals surface area contributed by atoms with Gasteiger partial charge < -0.3 is 4.74 Å². The second-order valence-electron chi connectivity index (χ2n) is 6.06. The molecule has 0 aliphatic heterocycles. The molecule has 2 N–H and O–H groups in total. The minimum atomic E-state index is -0.618. The van der Waals surface area contributed by atoms with Gasteiger partial charge in [-0.1, -0.05) is 29.8 Å². The molecule has 0 unspecified atom stereocenters. The van der Waals surface area contributed by atoms with Crippen molar-refractivity contribution in [1.29, 1.82) is 0 Å². The monoisotopic (exact) mass is 394 g/mol. The first-order chi connectivity index (χ1) is 13.6. The second kappa shape index (κ2) is 9.69. The number of aryl methyl sites for hydroxylation is 2. The molecule has 0 fully saturated rings. The van der Waals surface area contributed by atoms with Gasteiger partial charge in [-0.15, -0.1) is 0 Å². The summed E-state index contributed by atoms with van der Waals surface area (Å²) in [5.41, 5.74) is 4.38. The van der Waals surface area contributed by atoms with E-state index in [-0.39, 0.29) is 0 Å². The summed E-state index contributed by atoms with van der Waals surface area (Å²) >= 11 is 6.02. The number of nitrogens with one attached hydrogen (secondary N) is 1. The molecular formula is C22H19ClN2O3. The van der Waals surface area contributed by atoms with E-state index < -0.39 is 5.91 Å². The molecule has 0 saturated heterocycles. The Balaban J connectivity index is 1.83. The van der Waals surface area contributed by atoms with Gasteiger partial charge in [0.15, 0.2) is 0 Å². The molecule has 3 rings (SSSR count). The van der Waals surface area contributed by atoms with Gasteiger partial charge in [-0.2, -0.15) is 0 Å². The molecule has 0 bridgehead atoms. The van der Waals surface area contributed by atoms with Crippen molar-refractivity contribution in [3.63, 3.8) is 0 Å². The molecule has 6 heteroatoms. The summed E-state index contributed by atoms with van der Waals surface area (Å²) in [7, 11) is 0. The summed E-state index contributed by atoms with van der Waals surface area (Å²) in [6.07, 6.45) is 6.20. The molecule has 0 saturated carbocycles. The predicted molar refractivity (Wildman–Crippen MR) is 109 cm³/mol. The maximum atomic E-state index is 11.4. The van der Waals surface area contributed by atoms with Crippen LogP contribution in [0, 0.1) is 0 Å². The fraction of sp³-hybridized carbons (Fsp3) is 0.0909. The number of hydrogen-bond donors (Lipinski definition) is 2. The minimum Gasteiger partial charge on any atom is -0.457 e. The molecule has 0 aliphatic carbocycles. The zero-order valence-electron chi connectivity index (χ0n) is 15.0. The van der Waals surface area contributed by atoms with E-state index in [2.05, 4.69) is 4.98 Å². The number of hydrogen-bond acceptors (Lipinski definition) is 4. The van der Waals surface area contributed by atoms with Crippen LogP contribution in [0.4, 0.5) is 0 Å². The number of halogens is 1. The quantitative estimate of drug-likeness (QED) is 0.342. The highest BCUT2D eigenvalue weighted by Gasteiger charge is 2.07. The standard InChI is InChI=1S/C22H19ClN2O3/c23-18-4-3-6-20(15-18)28-21-11-8-16(7-10-19-5-1-2-13-24-19)14-17(21)9-12-22(26)25-27/h1-6,8-9,11-15,27H,7,10H2,(H,25,26)/b12-9+. The van der Waals surface area contributed by atoms with Crippen molar-refractivity contribution >= 4 is 23.6 Å². The SMILES string of the molecule is O=C(/C=C/c1cc(CCc2ccccn2)ccc1Oc1cccc(Cl)c1)NO. The first-order valence-electron chi connectivity index (χ1n) is 8.72. The lowest BCUT2D eigenvalue weighted by Crippen LogP contribution is -2.14. The fourth-order valence-corrected chi connectivity index (χ4v) is 2.84. The number of amides is 1. The van der Waals surface area contributed by atoms with Crippen molar-refractivity contribution < 1.29 is 14.7 Å². The molecule has 0 atom stereocenters. The molecule has 3 aromatic rings. The maximum absolute atomic E-state index is 11.4. The largest absolute Gasteiger partial charge is 0.457 e. The highest BCUT2D eigenvalue weighted by atomic mass is 35.5. The number of carbonyl (C=O) groups excluding carboxylic acids is 1. The predicted octanol–water partition coefficient (Wildman–Crippen LogP) is 4.83. The number of carbonyl (C=O) groups is 1. The van der Waals surface area contributed by atoms with E-state index in [4.69, 9.17) is 21.5 Å². The molecule has 0 radical (unpaired) electrons. The average Bonchev–Trinajstić information content (AvgIpc) is 2.72. The number of hydroxylamine groups is 1. The van der Waals surface area contributed by atoms with Gasteiger partial charge in [-0.3, -0.25) is 15.0 Å². The Morgan fingerprint density at radius 2 is 2.00 bits per heavy atom. The Morgan fingerprint density at radius 3 is 2.75 bits per heavy atom. The first kappa shape index (κ1) is 19.6. The Bertz CT molecular complexity index is 975. The lowest BCUT2D eigenvalue weighted by atomic mass is 10.0. The van der Waals surface area contributed by atoms with E-state index in [1.54, 1.807) is 42.0 Å². The van der Waals surface area contributed by atoms with Crippen molar-refractivity contribution in [2.75, 3.05) is 0 Å². The number of benzene rings is 2. The van der Waals surface area contributed by atoms with Gasteiger partial charge in [-0.25, -0.2) is 5.48 Å². The van der Waals surface area contributed by atoms with Crippen LogP contribution in [-0.2, 0) is 17.6 Å². The Labute approximate surface area is 168 Å². The molecule has 5 nitrogen and oxygen atoms in total. The van der Waals surface area contributed by atoms with Gasteiger partial charge in [0.1, 0.15) is 11.5 Å². The van der Waals surface area contributed by atoms with Crippen LogP contribution in [0.3, 0.4) is 0 Å². The van der Waals surface area contributed by atoms with E-state index in [0.717, 1.165) is 24.1 Å². The third-order valence-corrected chi connectivity index (χ3v) is 4.25. The Hall–Kier alpha value is -3.15. The van der Waals surface area contributed by atoms with Crippen LogP contribution in [0.25, 0.3) is 6.08 Å². The lowest BCUT2D eigenvalue weighted by molar-refractivity contribution is -0.124. The third kappa shape index (κ3) is 5.67. The van der Waals surface area contributed by atoms with Gasteiger partial charge in [0.05, 0.1) is 0 Å². The van der Waals surface area contributed by atoms with Crippen LogP contribution in [0.5, 0.6) is 11.5 Å². The second-order valence-corrected chi connectivity index (χ2v) is 6.50. The van der Waals surface area contributed by atoms with Crippen LogP contribution in [-0.4, -0.2) is 16.1 Å². The van der Waals surface area contributed by atoms with Crippen LogP contribution in [0.1, 0.15) is 16.8 Å². The summed E-state index contributed by atoms with van der Waals surface area (Å²) < 4.78 is 5.93. The van der Waals surface area contributed by atoms with Crippen molar-refractivity contribution in [1.82, 2.24) is 10.5 Å². The highest BCUT2D eigenvalue weighted by Crippen LogP contribution is 2.29. The summed E-state index contributed by atoms with van der Waals surface area (Å²) in [4.78, 5) is 15.7. The van der Waals surface area contributed by atoms with Crippen molar-refractivity contribution in [2.24, 2.45) is 0 Å². The summed E-state index contributed by atoms with van der Waals surface area (Å²) in [6.45, 7) is 0. The number of rotatable bonds is 7. The van der Waals surface area contributed by atoms with Crippen LogP contribution in [0.2, 0.25) is 5.02 Å². The molecule has 142 valence electrons. The fourth-order valence-electron chi connectivity index (χ4n) is 2.66. The molecule has 1 amide bonds. The van der Waals surface area contributed by atoms with Gasteiger partial charge in [-0.05, 0) is 66.9 Å². The van der Waals surface area contributed by atoms with Gasteiger partial charge in [0.25, 0.3) is 5.91 Å².